The molecule has 1 aliphatic rings. The zero-order valence-electron chi connectivity index (χ0n) is 9.98. The second-order valence-corrected chi connectivity index (χ2v) is 4.37. The fourth-order valence-electron chi connectivity index (χ4n) is 2.25. The third-order valence-corrected chi connectivity index (χ3v) is 3.13. The van der Waals surface area contributed by atoms with E-state index in [1.54, 1.807) is 0 Å². The first-order valence-electron chi connectivity index (χ1n) is 5.72. The molecule has 83 valence electrons. The zero-order chi connectivity index (χ0) is 11.0. The Morgan fingerprint density at radius 3 is 2.47 bits per heavy atom. The van der Waals surface area contributed by atoms with E-state index in [9.17, 15) is 0 Å². The summed E-state index contributed by atoms with van der Waals surface area (Å²) in [6.07, 6.45) is 2.19. The average Bonchev–Trinajstić information content (AvgIpc) is 2.48. The normalized spacial score (nSPS) is 12.5. The van der Waals surface area contributed by atoms with E-state index < -0.39 is 0 Å². The molecule has 0 unspecified atom stereocenters. The van der Waals surface area contributed by atoms with Crippen molar-refractivity contribution in [3.05, 3.63) is 64.5 Å². The van der Waals surface area contributed by atoms with Gasteiger partial charge in [-0.25, -0.2) is 0 Å². The molecule has 0 aromatic heterocycles. The van der Waals surface area contributed by atoms with Crippen LogP contribution in [0.1, 0.15) is 16.7 Å². The predicted molar refractivity (Wildman–Crippen MR) is 67.7 cm³/mol. The topological polar surface area (TPSA) is 14.1 Å². The van der Waals surface area contributed by atoms with Crippen LogP contribution in [0, 0.1) is 6.92 Å². The number of benzene rings is 2. The van der Waals surface area contributed by atoms with Crippen LogP contribution in [0.15, 0.2) is 42.5 Å². The molecule has 2 heteroatoms. The molecule has 17 heavy (non-hydrogen) atoms. The van der Waals surface area contributed by atoms with Gasteiger partial charge in [-0.05, 0) is 19.8 Å². The first kappa shape index (κ1) is 12.8. The molecule has 0 spiro atoms. The molecule has 1 heterocycles. The molecule has 1 radical (unpaired) electrons. The second-order valence-electron chi connectivity index (χ2n) is 4.37. The summed E-state index contributed by atoms with van der Waals surface area (Å²) in [5.41, 5.74) is 6.31. The van der Waals surface area contributed by atoms with Crippen LogP contribution in [-0.2, 0) is 45.6 Å². The summed E-state index contributed by atoms with van der Waals surface area (Å²) in [7, 11) is 0. The van der Waals surface area contributed by atoms with Gasteiger partial charge in [0.15, 0.2) is 0 Å². The molecule has 0 saturated carbocycles. The Bertz CT molecular complexity index is 534. The summed E-state index contributed by atoms with van der Waals surface area (Å²) in [5.74, 6) is 0. The van der Waals surface area contributed by atoms with E-state index in [-0.39, 0.29) is 32.7 Å². The molecule has 1 aliphatic heterocycles. The summed E-state index contributed by atoms with van der Waals surface area (Å²) in [5, 5.41) is 4.74. The van der Waals surface area contributed by atoms with Crippen molar-refractivity contribution in [1.82, 2.24) is 0 Å². The van der Waals surface area contributed by atoms with Crippen LogP contribution in [0.5, 0.6) is 0 Å². The number of aryl methyl sites for hydroxylation is 3. The maximum absolute atomic E-state index is 4.74. The number of hydrogen-bond acceptors (Lipinski definition) is 0. The van der Waals surface area contributed by atoms with Crippen LogP contribution >= 0.6 is 0 Å². The van der Waals surface area contributed by atoms with Crippen LogP contribution in [-0.4, -0.2) is 0 Å². The monoisotopic (exact) mass is 297 g/mol. The molecule has 3 rings (SSSR count). The van der Waals surface area contributed by atoms with E-state index in [1.165, 1.54) is 16.7 Å². The third kappa shape index (κ3) is 2.61. The zero-order valence-corrected chi connectivity index (χ0v) is 12.8. The van der Waals surface area contributed by atoms with E-state index in [0.717, 1.165) is 24.2 Å². The van der Waals surface area contributed by atoms with Crippen molar-refractivity contribution < 1.29 is 32.7 Å². The van der Waals surface area contributed by atoms with Crippen molar-refractivity contribution >= 4 is 11.4 Å². The van der Waals surface area contributed by atoms with E-state index in [2.05, 4.69) is 49.4 Å². The van der Waals surface area contributed by atoms with Gasteiger partial charge in [-0.1, -0.05) is 59.2 Å². The van der Waals surface area contributed by atoms with Crippen molar-refractivity contribution in [2.45, 2.75) is 19.8 Å². The van der Waals surface area contributed by atoms with Crippen molar-refractivity contribution in [1.29, 1.82) is 0 Å². The van der Waals surface area contributed by atoms with Crippen LogP contribution in [0.3, 0.4) is 0 Å². The molecular formula is C15H14NY-. The summed E-state index contributed by atoms with van der Waals surface area (Å²) in [4.78, 5) is 0. The van der Waals surface area contributed by atoms with Gasteiger partial charge in [0.1, 0.15) is 0 Å². The van der Waals surface area contributed by atoms with Gasteiger partial charge in [-0.2, -0.15) is 0 Å². The molecule has 0 bridgehead atoms. The molecule has 0 atom stereocenters. The van der Waals surface area contributed by atoms with Gasteiger partial charge >= 0.3 is 0 Å². The summed E-state index contributed by atoms with van der Waals surface area (Å²) in [6, 6.07) is 15.0. The van der Waals surface area contributed by atoms with Crippen molar-refractivity contribution in [2.75, 3.05) is 0 Å². The van der Waals surface area contributed by atoms with Gasteiger partial charge in [0.05, 0.1) is 0 Å². The first-order chi connectivity index (χ1) is 7.83. The molecule has 1 nitrogen and oxygen atoms in total. The smallest absolute Gasteiger partial charge is 0 e. The second kappa shape index (κ2) is 5.33. The third-order valence-electron chi connectivity index (χ3n) is 3.13. The van der Waals surface area contributed by atoms with E-state index in [0.29, 0.717) is 0 Å². The Kier molecular flexibility index (Phi) is 4.01. The number of hydrogen-bond donors (Lipinski definition) is 0. The standard InChI is InChI=1S/C15H14N.Y/c1-11-6-9-15-13(10-11)8-7-12-4-2-3-5-14(12)16-15;/h2-6,9-10H,7-8H2,1H3;/q-1;. The summed E-state index contributed by atoms with van der Waals surface area (Å²) < 4.78 is 0. The molecule has 0 amide bonds. The summed E-state index contributed by atoms with van der Waals surface area (Å²) >= 11 is 0. The van der Waals surface area contributed by atoms with E-state index in [1.807, 2.05) is 0 Å². The quantitative estimate of drug-likeness (QED) is 0.683. The van der Waals surface area contributed by atoms with Crippen molar-refractivity contribution in [3.8, 4) is 0 Å². The van der Waals surface area contributed by atoms with Crippen LogP contribution in [0.4, 0.5) is 11.4 Å². The Morgan fingerprint density at radius 1 is 0.882 bits per heavy atom. The number of nitrogens with zero attached hydrogens (tertiary/aromatic N) is 1. The molecule has 0 aliphatic carbocycles. The molecule has 2 aromatic carbocycles. The Labute approximate surface area is 128 Å². The molecule has 0 fully saturated rings. The average molecular weight is 297 g/mol. The van der Waals surface area contributed by atoms with Crippen LogP contribution in [0.25, 0.3) is 5.32 Å². The fourth-order valence-corrected chi connectivity index (χ4v) is 2.25. The van der Waals surface area contributed by atoms with Gasteiger partial charge in [0, 0.05) is 32.7 Å². The van der Waals surface area contributed by atoms with Crippen LogP contribution in [0.2, 0.25) is 0 Å². The fraction of sp³-hybridized carbons (Fsp3) is 0.200. The Morgan fingerprint density at radius 2 is 1.59 bits per heavy atom. The Balaban J connectivity index is 0.00000108. The minimum absolute atomic E-state index is 0. The van der Waals surface area contributed by atoms with Crippen molar-refractivity contribution in [3.63, 3.8) is 0 Å². The molecule has 0 N–H and O–H groups in total. The summed E-state index contributed by atoms with van der Waals surface area (Å²) in [6.45, 7) is 2.14. The Hall–Kier alpha value is -0.656. The van der Waals surface area contributed by atoms with Gasteiger partial charge in [0.25, 0.3) is 0 Å². The van der Waals surface area contributed by atoms with Crippen molar-refractivity contribution in [2.24, 2.45) is 0 Å². The van der Waals surface area contributed by atoms with Gasteiger partial charge in [-0.3, -0.25) is 0 Å². The largest absolute Gasteiger partial charge is 0.657 e. The SMILES string of the molecule is Cc1ccc2c(c1)CCc1ccccc1[N-]2.[Y]. The van der Waals surface area contributed by atoms with E-state index >= 15 is 0 Å². The minimum atomic E-state index is 0. The maximum atomic E-state index is 4.74. The molecular weight excluding hydrogens is 283 g/mol. The number of para-hydroxylation sites is 1. The number of fused-ring (bicyclic) bond motifs is 2. The van der Waals surface area contributed by atoms with Gasteiger partial charge < -0.3 is 5.32 Å². The molecule has 2 aromatic rings. The van der Waals surface area contributed by atoms with E-state index in [4.69, 9.17) is 5.32 Å². The maximum Gasteiger partial charge on any atom is 0 e. The van der Waals surface area contributed by atoms with Gasteiger partial charge in [0.2, 0.25) is 0 Å². The first-order valence-corrected chi connectivity index (χ1v) is 5.72. The molecule has 0 saturated heterocycles. The predicted octanol–water partition coefficient (Wildman–Crippen LogP) is 4.43. The number of rotatable bonds is 0. The minimum Gasteiger partial charge on any atom is -0.657 e. The van der Waals surface area contributed by atoms with Crippen LogP contribution < -0.4 is 0 Å². The van der Waals surface area contributed by atoms with Gasteiger partial charge in [-0.15, -0.1) is 11.4 Å².